The number of alkyl halides is 4. The van der Waals surface area contributed by atoms with E-state index in [1.807, 2.05) is 71.9 Å². The van der Waals surface area contributed by atoms with Crippen molar-refractivity contribution in [3.05, 3.63) is 68.5 Å². The van der Waals surface area contributed by atoms with Crippen molar-refractivity contribution in [2.24, 2.45) is 25.9 Å². The van der Waals surface area contributed by atoms with Gasteiger partial charge in [0.25, 0.3) is 0 Å². The summed E-state index contributed by atoms with van der Waals surface area (Å²) in [7, 11) is 3.32. The van der Waals surface area contributed by atoms with Gasteiger partial charge in [-0.3, -0.25) is 67.4 Å². The Morgan fingerprint density at radius 3 is 1.36 bits per heavy atom. The van der Waals surface area contributed by atoms with E-state index in [1.54, 1.807) is 24.7 Å². The minimum atomic E-state index is -4.85. The van der Waals surface area contributed by atoms with Crippen LogP contribution in [-0.4, -0.2) is 125 Å². The number of piperidine rings is 4. The van der Waals surface area contributed by atoms with Gasteiger partial charge in [-0.15, -0.1) is 0 Å². The SMILES string of the molecule is CC(C)(C)OC(=O)CBr.Cn1c(=O)n(C2CCC(=O)NC2=O)c2ccc(CC3CCN(C(=O)C(F)(F)F)CC3)cc21.Cn1c(=O)n(C2CCC(=O)NC2=O)c2ccc(CC3CCN(CC(=O)OC(C)(C)C)CC3)cc21. The molecule has 75 heavy (non-hydrogen) atoms. The van der Waals surface area contributed by atoms with Crippen LogP contribution in [0.4, 0.5) is 13.2 Å². The molecule has 2 aromatic heterocycles. The van der Waals surface area contributed by atoms with Crippen LogP contribution in [0.15, 0.2) is 46.0 Å². The minimum absolute atomic E-state index is 0.0651. The van der Waals surface area contributed by atoms with Gasteiger partial charge in [0.15, 0.2) is 0 Å². The molecule has 0 aliphatic carbocycles. The number of imide groups is 2. The lowest BCUT2D eigenvalue weighted by Crippen LogP contribution is -2.45. The number of esters is 2. The molecule has 0 bridgehead atoms. The predicted molar refractivity (Wildman–Crippen MR) is 275 cm³/mol. The Bertz CT molecular complexity index is 2930. The summed E-state index contributed by atoms with van der Waals surface area (Å²) >= 11 is 2.99. The summed E-state index contributed by atoms with van der Waals surface area (Å²) in [5, 5.41) is 4.88. The van der Waals surface area contributed by atoms with Gasteiger partial charge in [0.1, 0.15) is 28.6 Å². The summed E-state index contributed by atoms with van der Waals surface area (Å²) in [4.78, 5) is 110. The van der Waals surface area contributed by atoms with E-state index in [0.717, 1.165) is 53.9 Å². The topological polar surface area (TPSA) is 222 Å². The van der Waals surface area contributed by atoms with Crippen LogP contribution in [0.2, 0.25) is 0 Å². The molecule has 2 atom stereocenters. The third-order valence-corrected chi connectivity index (χ3v) is 14.0. The summed E-state index contributed by atoms with van der Waals surface area (Å²) in [6.07, 6.45) is 0.555. The Balaban J connectivity index is 0.000000210. The zero-order chi connectivity index (χ0) is 55.3. The summed E-state index contributed by atoms with van der Waals surface area (Å²) in [5.74, 6) is -3.14. The highest BCUT2D eigenvalue weighted by atomic mass is 79.9. The second-order valence-corrected chi connectivity index (χ2v) is 22.2. The Labute approximate surface area is 440 Å². The van der Waals surface area contributed by atoms with Crippen LogP contribution < -0.4 is 22.0 Å². The Kier molecular flexibility index (Phi) is 18.5. The molecule has 0 spiro atoms. The predicted octanol–water partition coefficient (Wildman–Crippen LogP) is 5.30. The van der Waals surface area contributed by atoms with Crippen LogP contribution in [0.25, 0.3) is 22.1 Å². The normalized spacial score (nSPS) is 19.4. The van der Waals surface area contributed by atoms with Crippen LogP contribution >= 0.6 is 15.9 Å². The molecule has 4 fully saturated rings. The largest absolute Gasteiger partial charge is 0.471 e. The molecule has 23 heteroatoms. The number of fused-ring (bicyclic) bond motifs is 2. The van der Waals surface area contributed by atoms with Gasteiger partial charge in [-0.2, -0.15) is 13.2 Å². The molecule has 4 aromatic rings. The molecular formula is C52H68BrF3N8O11. The van der Waals surface area contributed by atoms with Crippen LogP contribution in [0.3, 0.4) is 0 Å². The Hall–Kier alpha value is -6.10. The molecule has 2 unspecified atom stereocenters. The average Bonchev–Trinajstić information content (AvgIpc) is 3.71. The molecule has 410 valence electrons. The summed E-state index contributed by atoms with van der Waals surface area (Å²) in [6.45, 7) is 13.3. The summed E-state index contributed by atoms with van der Waals surface area (Å²) in [5.41, 5.74) is 3.36. The lowest BCUT2D eigenvalue weighted by atomic mass is 9.90. The minimum Gasteiger partial charge on any atom is -0.459 e. The lowest BCUT2D eigenvalue weighted by Gasteiger charge is -2.32. The number of likely N-dealkylation sites (tertiary alicyclic amines) is 2. The van der Waals surface area contributed by atoms with E-state index in [0.29, 0.717) is 54.7 Å². The number of ether oxygens (including phenoxy) is 2. The van der Waals surface area contributed by atoms with Crippen molar-refractivity contribution in [3.8, 4) is 0 Å². The zero-order valence-corrected chi connectivity index (χ0v) is 45.4. The molecule has 4 aliphatic rings. The first-order valence-electron chi connectivity index (χ1n) is 25.2. The Morgan fingerprint density at radius 1 is 0.600 bits per heavy atom. The van der Waals surface area contributed by atoms with E-state index in [2.05, 4.69) is 31.5 Å². The van der Waals surface area contributed by atoms with Crippen LogP contribution in [-0.2, 0) is 70.0 Å². The first-order valence-corrected chi connectivity index (χ1v) is 26.3. The van der Waals surface area contributed by atoms with Crippen molar-refractivity contribution in [3.63, 3.8) is 0 Å². The van der Waals surface area contributed by atoms with Gasteiger partial charge < -0.3 is 14.4 Å². The number of benzene rings is 2. The molecule has 4 aliphatic heterocycles. The number of rotatable bonds is 9. The smallest absolute Gasteiger partial charge is 0.459 e. The number of hydrogen-bond donors (Lipinski definition) is 2. The summed E-state index contributed by atoms with van der Waals surface area (Å²) in [6, 6.07) is 10.00. The molecule has 2 N–H and O–H groups in total. The lowest BCUT2D eigenvalue weighted by molar-refractivity contribution is -0.186. The highest BCUT2D eigenvalue weighted by Gasteiger charge is 2.43. The molecule has 8 rings (SSSR count). The van der Waals surface area contributed by atoms with Gasteiger partial charge in [-0.05, 0) is 153 Å². The number of nitrogens with one attached hydrogen (secondary N) is 2. The monoisotopic (exact) mass is 1120 g/mol. The second-order valence-electron chi connectivity index (χ2n) is 21.7. The molecule has 19 nitrogen and oxygen atoms in total. The third-order valence-electron chi connectivity index (χ3n) is 13.6. The number of carbonyl (C=O) groups excluding carboxylic acids is 7. The van der Waals surface area contributed by atoms with E-state index >= 15 is 0 Å². The highest BCUT2D eigenvalue weighted by Crippen LogP contribution is 2.30. The van der Waals surface area contributed by atoms with E-state index in [-0.39, 0.29) is 84.3 Å². The first-order chi connectivity index (χ1) is 35.0. The quantitative estimate of drug-likeness (QED) is 0.124. The van der Waals surface area contributed by atoms with Crippen LogP contribution in [0.5, 0.6) is 0 Å². The van der Waals surface area contributed by atoms with E-state index in [4.69, 9.17) is 9.47 Å². The van der Waals surface area contributed by atoms with E-state index < -0.39 is 41.6 Å². The molecule has 2 aromatic carbocycles. The second kappa shape index (κ2) is 23.8. The average molecular weight is 1120 g/mol. The first kappa shape index (κ1) is 58.2. The maximum atomic E-state index is 12.9. The number of aromatic nitrogens is 4. The molecule has 5 amide bonds. The number of amides is 5. The van der Waals surface area contributed by atoms with Gasteiger partial charge >= 0.3 is 35.4 Å². The third kappa shape index (κ3) is 15.1. The fourth-order valence-corrected chi connectivity index (χ4v) is 10.1. The van der Waals surface area contributed by atoms with Gasteiger partial charge in [-0.25, -0.2) is 9.59 Å². The number of halogens is 4. The van der Waals surface area contributed by atoms with Crippen LogP contribution in [0, 0.1) is 11.8 Å². The number of hydrogen-bond acceptors (Lipinski definition) is 12. The molecule has 0 saturated carbocycles. The van der Waals surface area contributed by atoms with Crippen molar-refractivity contribution in [2.75, 3.05) is 38.1 Å². The maximum Gasteiger partial charge on any atom is 0.471 e. The fourth-order valence-electron chi connectivity index (χ4n) is 9.99. The number of imidazole rings is 2. The van der Waals surface area contributed by atoms with Crippen LogP contribution in [0.1, 0.15) is 116 Å². The highest BCUT2D eigenvalue weighted by molar-refractivity contribution is 9.09. The number of aryl methyl sites for hydroxylation is 2. The van der Waals surface area contributed by atoms with E-state index in [9.17, 15) is 56.3 Å². The number of carbonyl (C=O) groups is 7. The zero-order valence-electron chi connectivity index (χ0n) is 43.8. The van der Waals surface area contributed by atoms with Crippen molar-refractivity contribution in [2.45, 2.75) is 135 Å². The van der Waals surface area contributed by atoms with Crippen molar-refractivity contribution in [1.82, 2.24) is 38.7 Å². The molecular weight excluding hydrogens is 1050 g/mol. The number of nitrogens with zero attached hydrogens (tertiary/aromatic N) is 6. The summed E-state index contributed by atoms with van der Waals surface area (Å²) < 4.78 is 54.1. The van der Waals surface area contributed by atoms with E-state index in [1.165, 1.54) is 13.7 Å². The van der Waals surface area contributed by atoms with Gasteiger partial charge in [0, 0.05) is 40.0 Å². The van der Waals surface area contributed by atoms with Gasteiger partial charge in [0.05, 0.1) is 28.6 Å². The standard InChI is InChI=1S/C25H34N4O5.C21H23F3N4O4.C6H11BrO2/c1-25(2,3)34-22(31)15-28-11-9-16(10-12-28)13-17-5-6-18-20(14-17)27(4)24(33)29(18)19-7-8-21(30)26-23(19)32;1-26-16-11-13(10-12-6-8-27(9-7-12)19(31)21(22,23)24)2-3-14(16)28(20(26)32)15-4-5-17(29)25-18(15)30;1-6(2,3)9-5(8)4-7/h5-6,14,16,19H,7-13,15H2,1-4H3,(H,26,30,32);2-3,11-12,15H,4-10H2,1H3,(H,25,29,30);4H2,1-3H3. The van der Waals surface area contributed by atoms with Crippen molar-refractivity contribution < 1.29 is 56.2 Å². The maximum absolute atomic E-state index is 12.9. The van der Waals surface area contributed by atoms with Crippen molar-refractivity contribution >= 4 is 79.5 Å². The molecule has 4 saturated heterocycles. The Morgan fingerprint density at radius 2 is 1.00 bits per heavy atom. The molecule has 0 radical (unpaired) electrons. The van der Waals surface area contributed by atoms with Crippen molar-refractivity contribution in [1.29, 1.82) is 0 Å². The fraction of sp³-hybridized carbons (Fsp3) is 0.596. The molecule has 6 heterocycles. The van der Waals surface area contributed by atoms with Gasteiger partial charge in [0.2, 0.25) is 23.6 Å². The van der Waals surface area contributed by atoms with Gasteiger partial charge in [-0.1, -0.05) is 28.1 Å².